The molecule has 1 heterocycles. The van der Waals surface area contributed by atoms with E-state index in [0.29, 0.717) is 22.8 Å². The van der Waals surface area contributed by atoms with Crippen LogP contribution in [-0.2, 0) is 19.9 Å². The summed E-state index contributed by atoms with van der Waals surface area (Å²) >= 11 is 6.24. The Morgan fingerprint density at radius 1 is 1.13 bits per heavy atom. The van der Waals surface area contributed by atoms with Crippen molar-refractivity contribution in [2.45, 2.75) is 50.7 Å². The van der Waals surface area contributed by atoms with E-state index in [4.69, 9.17) is 16.3 Å². The normalized spacial score (nSPS) is 21.0. The van der Waals surface area contributed by atoms with E-state index in [2.05, 4.69) is 5.32 Å². The quantitative estimate of drug-likeness (QED) is 0.558. The molecule has 2 aromatic rings. The summed E-state index contributed by atoms with van der Waals surface area (Å²) in [5, 5.41) is 3.34. The van der Waals surface area contributed by atoms with Gasteiger partial charge in [-0.25, -0.2) is 4.79 Å². The van der Waals surface area contributed by atoms with Crippen LogP contribution >= 0.6 is 11.6 Å². The van der Waals surface area contributed by atoms with E-state index in [0.717, 1.165) is 32.1 Å². The lowest BCUT2D eigenvalue weighted by atomic mass is 9.91. The van der Waals surface area contributed by atoms with Crippen LogP contribution in [0.4, 0.5) is 5.69 Å². The maximum Gasteiger partial charge on any atom is 0.340 e. The highest BCUT2D eigenvalue weighted by Gasteiger charge is 2.60. The smallest absolute Gasteiger partial charge is 0.340 e. The molecule has 31 heavy (non-hydrogen) atoms. The fourth-order valence-corrected chi connectivity index (χ4v) is 4.60. The number of fused-ring (bicyclic) bond motifs is 1. The first-order valence-corrected chi connectivity index (χ1v) is 11.1. The third kappa shape index (κ3) is 3.81. The van der Waals surface area contributed by atoms with Gasteiger partial charge in [-0.05, 0) is 50.1 Å². The first-order chi connectivity index (χ1) is 15.0. The molecule has 0 aromatic heterocycles. The van der Waals surface area contributed by atoms with Crippen LogP contribution in [0.2, 0.25) is 5.02 Å². The van der Waals surface area contributed by atoms with E-state index in [-0.39, 0.29) is 11.6 Å². The van der Waals surface area contributed by atoms with Crippen molar-refractivity contribution in [2.24, 2.45) is 0 Å². The van der Waals surface area contributed by atoms with E-state index >= 15 is 0 Å². The fourth-order valence-electron chi connectivity index (χ4n) is 4.42. The Kier molecular flexibility index (Phi) is 6.01. The van der Waals surface area contributed by atoms with Crippen LogP contribution in [0, 0.1) is 0 Å². The van der Waals surface area contributed by atoms with Gasteiger partial charge >= 0.3 is 5.97 Å². The second-order valence-electron chi connectivity index (χ2n) is 7.96. The van der Waals surface area contributed by atoms with Crippen molar-refractivity contribution < 1.29 is 19.1 Å². The Balaban J connectivity index is 1.79. The Morgan fingerprint density at radius 2 is 1.84 bits per heavy atom. The van der Waals surface area contributed by atoms with Gasteiger partial charge in [0, 0.05) is 23.2 Å². The third-order valence-corrected chi connectivity index (χ3v) is 6.24. The predicted octanol–water partition coefficient (Wildman–Crippen LogP) is 4.21. The van der Waals surface area contributed by atoms with Crippen molar-refractivity contribution in [3.05, 3.63) is 64.7 Å². The Hall–Kier alpha value is -2.86. The summed E-state index contributed by atoms with van der Waals surface area (Å²) in [6, 6.07) is 13.2. The lowest BCUT2D eigenvalue weighted by molar-refractivity contribution is -0.153. The van der Waals surface area contributed by atoms with Gasteiger partial charge in [-0.15, -0.1) is 0 Å². The molecule has 0 bridgehead atoms. The molecule has 1 aliphatic heterocycles. The molecule has 2 aromatic carbocycles. The molecule has 6 nitrogen and oxygen atoms in total. The van der Waals surface area contributed by atoms with E-state index in [1.165, 1.54) is 4.90 Å². The maximum atomic E-state index is 13.7. The zero-order chi connectivity index (χ0) is 22.0. The Labute approximate surface area is 186 Å². The van der Waals surface area contributed by atoms with Crippen molar-refractivity contribution in [3.8, 4) is 0 Å². The molecule has 1 unspecified atom stereocenters. The second kappa shape index (κ2) is 8.71. The number of nitrogens with zero attached hydrogens (tertiary/aromatic N) is 1. The molecule has 0 spiro atoms. The highest BCUT2D eigenvalue weighted by Crippen LogP contribution is 2.45. The molecule has 2 aliphatic rings. The van der Waals surface area contributed by atoms with Gasteiger partial charge in [-0.3, -0.25) is 9.59 Å². The number of ether oxygens (including phenoxy) is 1. The zero-order valence-electron chi connectivity index (χ0n) is 17.4. The topological polar surface area (TPSA) is 75.7 Å². The second-order valence-corrected chi connectivity index (χ2v) is 8.39. The van der Waals surface area contributed by atoms with E-state index in [9.17, 15) is 14.4 Å². The minimum absolute atomic E-state index is 0.0559. The van der Waals surface area contributed by atoms with Crippen LogP contribution in [0.5, 0.6) is 0 Å². The van der Waals surface area contributed by atoms with Crippen molar-refractivity contribution in [1.29, 1.82) is 0 Å². The summed E-state index contributed by atoms with van der Waals surface area (Å²) in [6.07, 6.45) is 4.82. The number of benzene rings is 2. The van der Waals surface area contributed by atoms with Gasteiger partial charge < -0.3 is 15.0 Å². The molecule has 162 valence electrons. The summed E-state index contributed by atoms with van der Waals surface area (Å²) in [6.45, 7) is 2.14. The molecular formula is C24H25ClN2O4. The standard InChI is InChI=1S/C24H25ClN2O4/c1-2-27-20-14-13-17(25)15-19(20)24(23(27)30,22(29)26-18-11-7-4-8-12-18)31-21(28)16-9-5-3-6-10-16/h3,5-6,9-10,13-15,18H,2,4,7-8,11-12H2,1H3,(H,26,29). The van der Waals surface area contributed by atoms with Crippen LogP contribution in [0.3, 0.4) is 0 Å². The maximum absolute atomic E-state index is 13.7. The molecule has 1 atom stereocenters. The number of esters is 1. The van der Waals surface area contributed by atoms with Gasteiger partial charge in [-0.2, -0.15) is 0 Å². The van der Waals surface area contributed by atoms with Crippen LogP contribution in [0.15, 0.2) is 48.5 Å². The summed E-state index contributed by atoms with van der Waals surface area (Å²) < 4.78 is 5.81. The summed E-state index contributed by atoms with van der Waals surface area (Å²) in [4.78, 5) is 41.8. The first kappa shape index (κ1) is 21.4. The lowest BCUT2D eigenvalue weighted by Crippen LogP contribution is -2.56. The number of hydrogen-bond acceptors (Lipinski definition) is 4. The SMILES string of the molecule is CCN1C(=O)C(OC(=O)c2ccccc2)(C(=O)NC2CCCCC2)c2cc(Cl)ccc21. The van der Waals surface area contributed by atoms with Crippen LogP contribution in [0.1, 0.15) is 54.9 Å². The largest absolute Gasteiger partial charge is 0.430 e. The highest BCUT2D eigenvalue weighted by molar-refractivity contribution is 6.31. The van der Waals surface area contributed by atoms with E-state index < -0.39 is 23.4 Å². The van der Waals surface area contributed by atoms with Gasteiger partial charge in [-0.1, -0.05) is 49.1 Å². The van der Waals surface area contributed by atoms with Gasteiger partial charge in [0.15, 0.2) is 0 Å². The van der Waals surface area contributed by atoms with Crippen LogP contribution < -0.4 is 10.2 Å². The van der Waals surface area contributed by atoms with Crippen molar-refractivity contribution in [3.63, 3.8) is 0 Å². The molecule has 4 rings (SSSR count). The molecule has 1 fully saturated rings. The number of likely N-dealkylation sites (N-methyl/N-ethyl adjacent to an activating group) is 1. The summed E-state index contributed by atoms with van der Waals surface area (Å²) in [5.74, 6) is -1.94. The number of halogens is 1. The van der Waals surface area contributed by atoms with Crippen molar-refractivity contribution >= 4 is 35.1 Å². The van der Waals surface area contributed by atoms with Crippen LogP contribution in [0.25, 0.3) is 0 Å². The number of carbonyl (C=O) groups is 3. The average Bonchev–Trinajstić information content (AvgIpc) is 3.02. The van der Waals surface area contributed by atoms with E-state index in [1.54, 1.807) is 48.5 Å². The lowest BCUT2D eigenvalue weighted by Gasteiger charge is -2.31. The Bertz CT molecular complexity index is 1000. The predicted molar refractivity (Wildman–Crippen MR) is 118 cm³/mol. The number of rotatable bonds is 5. The van der Waals surface area contributed by atoms with Crippen molar-refractivity contribution in [1.82, 2.24) is 5.32 Å². The molecule has 2 amide bonds. The highest BCUT2D eigenvalue weighted by atomic mass is 35.5. The Morgan fingerprint density at radius 3 is 2.52 bits per heavy atom. The van der Waals surface area contributed by atoms with Crippen molar-refractivity contribution in [2.75, 3.05) is 11.4 Å². The number of nitrogens with one attached hydrogen (secondary N) is 1. The molecule has 0 saturated heterocycles. The monoisotopic (exact) mass is 440 g/mol. The third-order valence-electron chi connectivity index (χ3n) is 6.01. The van der Waals surface area contributed by atoms with Crippen LogP contribution in [-0.4, -0.2) is 30.4 Å². The van der Waals surface area contributed by atoms with Gasteiger partial charge in [0.1, 0.15) is 0 Å². The summed E-state index contributed by atoms with van der Waals surface area (Å²) in [5.41, 5.74) is -1.03. The molecular weight excluding hydrogens is 416 g/mol. The fraction of sp³-hybridized carbons (Fsp3) is 0.375. The van der Waals surface area contributed by atoms with Gasteiger partial charge in [0.2, 0.25) is 0 Å². The minimum Gasteiger partial charge on any atom is -0.430 e. The molecule has 7 heteroatoms. The summed E-state index contributed by atoms with van der Waals surface area (Å²) in [7, 11) is 0. The average molecular weight is 441 g/mol. The molecule has 1 saturated carbocycles. The van der Waals surface area contributed by atoms with Gasteiger partial charge in [0.25, 0.3) is 17.4 Å². The number of carbonyl (C=O) groups excluding carboxylic acids is 3. The number of amides is 2. The minimum atomic E-state index is -2.11. The molecule has 0 radical (unpaired) electrons. The first-order valence-electron chi connectivity index (χ1n) is 10.7. The van der Waals surface area contributed by atoms with E-state index in [1.807, 2.05) is 6.92 Å². The zero-order valence-corrected chi connectivity index (χ0v) is 18.2. The molecule has 1 aliphatic carbocycles. The number of hydrogen-bond donors (Lipinski definition) is 1. The van der Waals surface area contributed by atoms with Gasteiger partial charge in [0.05, 0.1) is 11.3 Å². The number of anilines is 1. The molecule has 1 N–H and O–H groups in total.